The number of aromatic nitrogens is 2. The Morgan fingerprint density at radius 2 is 1.80 bits per heavy atom. The summed E-state index contributed by atoms with van der Waals surface area (Å²) in [7, 11) is 0. The zero-order valence-corrected chi connectivity index (χ0v) is 13.5. The Labute approximate surface area is 143 Å². The molecule has 4 rings (SSSR count). The Morgan fingerprint density at radius 1 is 1.16 bits per heavy atom. The third kappa shape index (κ3) is 2.17. The second kappa shape index (κ2) is 5.35. The number of nitrogens with one attached hydrogen (secondary N) is 1. The number of carbonyl (C=O) groups is 3. The summed E-state index contributed by atoms with van der Waals surface area (Å²) in [6.07, 6.45) is 1.24. The van der Waals surface area contributed by atoms with Gasteiger partial charge in [-0.25, -0.2) is 9.78 Å². The minimum absolute atomic E-state index is 0.107. The van der Waals surface area contributed by atoms with Crippen LogP contribution in [0.4, 0.5) is 0 Å². The van der Waals surface area contributed by atoms with Gasteiger partial charge in [-0.05, 0) is 24.6 Å². The number of rotatable bonds is 2. The number of hydroxylamine groups is 2. The normalized spacial score (nSPS) is 13.4. The number of fused-ring (bicyclic) bond motifs is 2. The fourth-order valence-electron chi connectivity index (χ4n) is 2.65. The number of H-pyrrole nitrogens is 1. The molecule has 0 spiro atoms. The summed E-state index contributed by atoms with van der Waals surface area (Å²) in [6.45, 7) is 1.58. The van der Waals surface area contributed by atoms with Crippen molar-refractivity contribution in [3.8, 4) is 0 Å². The van der Waals surface area contributed by atoms with Gasteiger partial charge in [-0.15, -0.1) is 11.3 Å². The highest BCUT2D eigenvalue weighted by molar-refractivity contribution is 7.20. The van der Waals surface area contributed by atoms with Crippen LogP contribution in [0.15, 0.2) is 35.4 Å². The van der Waals surface area contributed by atoms with Crippen molar-refractivity contribution < 1.29 is 19.2 Å². The molecule has 0 saturated carbocycles. The molecule has 0 bridgehead atoms. The molecule has 0 fully saturated rings. The highest BCUT2D eigenvalue weighted by Crippen LogP contribution is 2.29. The number of aromatic amines is 1. The molecule has 2 aromatic heterocycles. The van der Waals surface area contributed by atoms with E-state index in [-0.39, 0.29) is 26.9 Å². The van der Waals surface area contributed by atoms with Crippen LogP contribution in [-0.2, 0) is 4.84 Å². The summed E-state index contributed by atoms with van der Waals surface area (Å²) in [5.74, 6) is -2.30. The number of carbonyl (C=O) groups excluding carboxylic acids is 3. The number of thiophene rings is 1. The third-order valence-electron chi connectivity index (χ3n) is 3.85. The predicted octanol–water partition coefficient (Wildman–Crippen LogP) is 1.66. The highest BCUT2D eigenvalue weighted by Gasteiger charge is 2.39. The zero-order valence-electron chi connectivity index (χ0n) is 12.7. The van der Waals surface area contributed by atoms with Gasteiger partial charge in [0.25, 0.3) is 17.4 Å². The van der Waals surface area contributed by atoms with Gasteiger partial charge in [-0.1, -0.05) is 17.2 Å². The molecular formula is C16H9N3O5S. The van der Waals surface area contributed by atoms with Gasteiger partial charge in [-0.3, -0.25) is 14.4 Å². The summed E-state index contributed by atoms with van der Waals surface area (Å²) in [5, 5.41) is 0.718. The summed E-state index contributed by atoms with van der Waals surface area (Å²) >= 11 is 0.961. The standard InChI is InChI=1S/C16H9N3O5S/c1-7-10-12(20)17-6-18-13(10)25-11(7)16(23)24-19-14(21)8-4-2-3-5-9(8)15(19)22/h2-6H,1H3,(H,17,18,20). The largest absolute Gasteiger partial charge is 0.374 e. The lowest BCUT2D eigenvalue weighted by Crippen LogP contribution is -2.32. The number of imide groups is 1. The number of benzene rings is 1. The molecule has 9 heteroatoms. The van der Waals surface area contributed by atoms with Gasteiger partial charge >= 0.3 is 5.97 Å². The molecule has 124 valence electrons. The Hall–Kier alpha value is -3.33. The number of hydrogen-bond acceptors (Lipinski definition) is 7. The maximum Gasteiger partial charge on any atom is 0.374 e. The lowest BCUT2D eigenvalue weighted by molar-refractivity contribution is -0.0581. The summed E-state index contributed by atoms with van der Waals surface area (Å²) in [5.41, 5.74) is 0.354. The molecule has 0 unspecified atom stereocenters. The molecule has 3 heterocycles. The number of hydrogen-bond donors (Lipinski definition) is 1. The van der Waals surface area contributed by atoms with E-state index >= 15 is 0 Å². The quantitative estimate of drug-likeness (QED) is 0.700. The Bertz CT molecular complexity index is 1100. The van der Waals surface area contributed by atoms with Crippen LogP contribution < -0.4 is 5.56 Å². The summed E-state index contributed by atoms with van der Waals surface area (Å²) < 4.78 is 0. The Kier molecular flexibility index (Phi) is 3.25. The summed E-state index contributed by atoms with van der Waals surface area (Å²) in [4.78, 5) is 60.8. The van der Waals surface area contributed by atoms with Gasteiger partial charge in [0.1, 0.15) is 9.71 Å². The van der Waals surface area contributed by atoms with Gasteiger partial charge in [0.05, 0.1) is 22.8 Å². The van der Waals surface area contributed by atoms with E-state index in [2.05, 4.69) is 9.97 Å². The Morgan fingerprint density at radius 3 is 2.40 bits per heavy atom. The average molecular weight is 355 g/mol. The van der Waals surface area contributed by atoms with E-state index in [0.717, 1.165) is 11.3 Å². The van der Waals surface area contributed by atoms with E-state index < -0.39 is 17.8 Å². The van der Waals surface area contributed by atoms with Crippen molar-refractivity contribution in [2.24, 2.45) is 0 Å². The lowest BCUT2D eigenvalue weighted by atomic mass is 10.1. The minimum Gasteiger partial charge on any atom is -0.323 e. The molecule has 0 atom stereocenters. The molecule has 0 aliphatic carbocycles. The van der Waals surface area contributed by atoms with Gasteiger partial charge in [0.2, 0.25) is 0 Å². The fourth-order valence-corrected chi connectivity index (χ4v) is 3.67. The lowest BCUT2D eigenvalue weighted by Gasteiger charge is -2.12. The van der Waals surface area contributed by atoms with Crippen molar-refractivity contribution in [1.82, 2.24) is 15.0 Å². The van der Waals surface area contributed by atoms with Crippen LogP contribution in [0, 0.1) is 6.92 Å². The molecular weight excluding hydrogens is 346 g/mol. The smallest absolute Gasteiger partial charge is 0.323 e. The third-order valence-corrected chi connectivity index (χ3v) is 5.03. The van der Waals surface area contributed by atoms with E-state index in [4.69, 9.17) is 4.84 Å². The van der Waals surface area contributed by atoms with Crippen LogP contribution in [0.2, 0.25) is 0 Å². The number of amides is 2. The van der Waals surface area contributed by atoms with E-state index in [1.165, 1.54) is 18.5 Å². The zero-order chi connectivity index (χ0) is 17.7. The Balaban J connectivity index is 1.69. The topological polar surface area (TPSA) is 109 Å². The maximum absolute atomic E-state index is 12.4. The molecule has 0 radical (unpaired) electrons. The fraction of sp³-hybridized carbons (Fsp3) is 0.0625. The molecule has 1 N–H and O–H groups in total. The van der Waals surface area contributed by atoms with Crippen LogP contribution >= 0.6 is 11.3 Å². The molecule has 1 aliphatic heterocycles. The van der Waals surface area contributed by atoms with Crippen LogP contribution in [0.1, 0.15) is 36.0 Å². The average Bonchev–Trinajstić information content (AvgIpc) is 3.07. The number of aryl methyl sites for hydroxylation is 1. The first-order chi connectivity index (χ1) is 12.0. The van der Waals surface area contributed by atoms with E-state index in [0.29, 0.717) is 15.5 Å². The van der Waals surface area contributed by atoms with Crippen molar-refractivity contribution in [2.45, 2.75) is 6.92 Å². The van der Waals surface area contributed by atoms with Gasteiger partial charge in [-0.2, -0.15) is 0 Å². The second-order valence-electron chi connectivity index (χ2n) is 5.30. The van der Waals surface area contributed by atoms with Gasteiger partial charge in [0.15, 0.2) is 0 Å². The van der Waals surface area contributed by atoms with Crippen molar-refractivity contribution in [3.63, 3.8) is 0 Å². The monoisotopic (exact) mass is 355 g/mol. The van der Waals surface area contributed by atoms with Gasteiger partial charge in [0, 0.05) is 0 Å². The van der Waals surface area contributed by atoms with Gasteiger partial charge < -0.3 is 9.82 Å². The van der Waals surface area contributed by atoms with Crippen molar-refractivity contribution >= 4 is 39.3 Å². The number of nitrogens with zero attached hydrogens (tertiary/aromatic N) is 2. The highest BCUT2D eigenvalue weighted by atomic mass is 32.1. The summed E-state index contributed by atoms with van der Waals surface area (Å²) in [6, 6.07) is 6.20. The van der Waals surface area contributed by atoms with E-state index in [1.54, 1.807) is 19.1 Å². The molecule has 1 aromatic carbocycles. The second-order valence-corrected chi connectivity index (χ2v) is 6.30. The minimum atomic E-state index is -0.894. The van der Waals surface area contributed by atoms with Crippen LogP contribution in [-0.4, -0.2) is 32.8 Å². The van der Waals surface area contributed by atoms with Crippen LogP contribution in [0.25, 0.3) is 10.2 Å². The molecule has 25 heavy (non-hydrogen) atoms. The van der Waals surface area contributed by atoms with Crippen LogP contribution in [0.5, 0.6) is 0 Å². The van der Waals surface area contributed by atoms with E-state index in [1.807, 2.05) is 0 Å². The molecule has 0 saturated heterocycles. The first kappa shape index (κ1) is 15.2. The van der Waals surface area contributed by atoms with E-state index in [9.17, 15) is 19.2 Å². The molecule has 1 aliphatic rings. The SMILES string of the molecule is Cc1c(C(=O)ON2C(=O)c3ccccc3C2=O)sc2nc[nH]c(=O)c12. The van der Waals surface area contributed by atoms with Crippen molar-refractivity contribution in [2.75, 3.05) is 0 Å². The first-order valence-corrected chi connectivity index (χ1v) is 7.97. The first-order valence-electron chi connectivity index (χ1n) is 7.16. The van der Waals surface area contributed by atoms with Crippen molar-refractivity contribution in [1.29, 1.82) is 0 Å². The van der Waals surface area contributed by atoms with Crippen LogP contribution in [0.3, 0.4) is 0 Å². The van der Waals surface area contributed by atoms with Crippen molar-refractivity contribution in [3.05, 3.63) is 62.5 Å². The predicted molar refractivity (Wildman–Crippen MR) is 87.3 cm³/mol. The molecule has 3 aromatic rings. The molecule has 2 amide bonds. The maximum atomic E-state index is 12.4. The molecule has 8 nitrogen and oxygen atoms in total.